The SMILES string of the molecule is CC1CCCCN1C(=O)c1ccc(NC(=O)c2ccccc2OCC(N)=O)cc1. The number of nitrogens with two attached hydrogens (primary N) is 1. The van der Waals surface area contributed by atoms with Gasteiger partial charge in [-0.3, -0.25) is 14.4 Å². The van der Waals surface area contributed by atoms with Gasteiger partial charge in [0.05, 0.1) is 5.56 Å². The highest BCUT2D eigenvalue weighted by atomic mass is 16.5. The van der Waals surface area contributed by atoms with Crippen molar-refractivity contribution in [2.24, 2.45) is 5.73 Å². The maximum Gasteiger partial charge on any atom is 0.259 e. The monoisotopic (exact) mass is 395 g/mol. The molecular formula is C22H25N3O4. The van der Waals surface area contributed by atoms with E-state index in [9.17, 15) is 14.4 Å². The highest BCUT2D eigenvalue weighted by Crippen LogP contribution is 2.22. The molecular weight excluding hydrogens is 370 g/mol. The van der Waals surface area contributed by atoms with Crippen LogP contribution in [0, 0.1) is 0 Å². The van der Waals surface area contributed by atoms with Crippen molar-refractivity contribution in [2.45, 2.75) is 32.2 Å². The number of carbonyl (C=O) groups excluding carboxylic acids is 3. The van der Waals surface area contributed by atoms with Crippen molar-refractivity contribution in [1.82, 2.24) is 4.90 Å². The minimum absolute atomic E-state index is 0.0141. The summed E-state index contributed by atoms with van der Waals surface area (Å²) in [4.78, 5) is 38.2. The zero-order valence-corrected chi connectivity index (χ0v) is 16.4. The number of hydrogen-bond acceptors (Lipinski definition) is 4. The molecule has 3 rings (SSSR count). The van der Waals surface area contributed by atoms with Crippen LogP contribution in [0.3, 0.4) is 0 Å². The summed E-state index contributed by atoms with van der Waals surface area (Å²) in [6, 6.07) is 13.7. The van der Waals surface area contributed by atoms with Crippen molar-refractivity contribution >= 4 is 23.4 Å². The third-order valence-corrected chi connectivity index (χ3v) is 4.96. The number of benzene rings is 2. The van der Waals surface area contributed by atoms with Crippen molar-refractivity contribution in [3.05, 3.63) is 59.7 Å². The van der Waals surface area contributed by atoms with Gasteiger partial charge in [-0.25, -0.2) is 0 Å². The predicted octanol–water partition coefficient (Wildman–Crippen LogP) is 2.82. The Bertz CT molecular complexity index is 895. The molecule has 0 aromatic heterocycles. The number of nitrogens with one attached hydrogen (secondary N) is 1. The number of likely N-dealkylation sites (tertiary alicyclic amines) is 1. The molecule has 1 unspecified atom stereocenters. The second-order valence-corrected chi connectivity index (χ2v) is 7.13. The lowest BCUT2D eigenvalue weighted by molar-refractivity contribution is -0.119. The quantitative estimate of drug-likeness (QED) is 0.785. The van der Waals surface area contributed by atoms with Crippen molar-refractivity contribution < 1.29 is 19.1 Å². The van der Waals surface area contributed by atoms with Crippen LogP contribution in [0.15, 0.2) is 48.5 Å². The Balaban J connectivity index is 1.68. The summed E-state index contributed by atoms with van der Waals surface area (Å²) in [7, 11) is 0. The number of hydrogen-bond donors (Lipinski definition) is 2. The smallest absolute Gasteiger partial charge is 0.259 e. The zero-order valence-electron chi connectivity index (χ0n) is 16.4. The van der Waals surface area contributed by atoms with E-state index < -0.39 is 5.91 Å². The third kappa shape index (κ3) is 5.13. The van der Waals surface area contributed by atoms with Crippen molar-refractivity contribution in [3.63, 3.8) is 0 Å². The second kappa shape index (κ2) is 9.23. The minimum Gasteiger partial charge on any atom is -0.483 e. The van der Waals surface area contributed by atoms with Gasteiger partial charge in [0.15, 0.2) is 6.61 Å². The molecule has 1 aliphatic heterocycles. The van der Waals surface area contributed by atoms with E-state index in [1.165, 1.54) is 0 Å². The molecule has 7 nitrogen and oxygen atoms in total. The number of anilines is 1. The van der Waals surface area contributed by atoms with Gasteiger partial charge in [-0.05, 0) is 62.6 Å². The molecule has 1 atom stereocenters. The van der Waals surface area contributed by atoms with Crippen LogP contribution in [0.2, 0.25) is 0 Å². The Morgan fingerprint density at radius 2 is 1.83 bits per heavy atom. The maximum atomic E-state index is 12.7. The molecule has 0 spiro atoms. The molecule has 1 heterocycles. The fourth-order valence-electron chi connectivity index (χ4n) is 3.39. The average Bonchev–Trinajstić information content (AvgIpc) is 2.73. The van der Waals surface area contributed by atoms with Crippen LogP contribution in [0.1, 0.15) is 46.9 Å². The molecule has 29 heavy (non-hydrogen) atoms. The number of primary amides is 1. The Morgan fingerprint density at radius 1 is 1.10 bits per heavy atom. The number of para-hydroxylation sites is 1. The van der Waals surface area contributed by atoms with Gasteiger partial charge in [-0.15, -0.1) is 0 Å². The van der Waals surface area contributed by atoms with E-state index in [0.717, 1.165) is 25.8 Å². The largest absolute Gasteiger partial charge is 0.483 e. The van der Waals surface area contributed by atoms with E-state index in [0.29, 0.717) is 11.3 Å². The molecule has 1 fully saturated rings. The highest BCUT2D eigenvalue weighted by molar-refractivity contribution is 6.06. The number of carbonyl (C=O) groups is 3. The van der Waals surface area contributed by atoms with Crippen molar-refractivity contribution in [1.29, 1.82) is 0 Å². The van der Waals surface area contributed by atoms with Crippen molar-refractivity contribution in [3.8, 4) is 5.75 Å². The number of nitrogens with zero attached hydrogens (tertiary/aromatic N) is 1. The van der Waals surface area contributed by atoms with Gasteiger partial charge in [-0.1, -0.05) is 12.1 Å². The first kappa shape index (κ1) is 20.4. The van der Waals surface area contributed by atoms with E-state index in [4.69, 9.17) is 10.5 Å². The van der Waals surface area contributed by atoms with E-state index in [2.05, 4.69) is 12.2 Å². The fourth-order valence-corrected chi connectivity index (χ4v) is 3.39. The van der Waals surface area contributed by atoms with Crippen LogP contribution in [0.4, 0.5) is 5.69 Å². The summed E-state index contributed by atoms with van der Waals surface area (Å²) in [5.74, 6) is -0.716. The van der Waals surface area contributed by atoms with E-state index in [1.807, 2.05) is 4.90 Å². The van der Waals surface area contributed by atoms with Gasteiger partial charge >= 0.3 is 0 Å². The summed E-state index contributed by atoms with van der Waals surface area (Å²) < 4.78 is 5.30. The number of rotatable bonds is 6. The topological polar surface area (TPSA) is 102 Å². The molecule has 152 valence electrons. The Morgan fingerprint density at radius 3 is 2.52 bits per heavy atom. The molecule has 0 saturated carbocycles. The van der Waals surface area contributed by atoms with Gasteiger partial charge in [0.25, 0.3) is 17.7 Å². The summed E-state index contributed by atoms with van der Waals surface area (Å²) in [5.41, 5.74) is 6.54. The number of piperidine rings is 1. The van der Waals surface area contributed by atoms with Gasteiger partial charge in [-0.2, -0.15) is 0 Å². The molecule has 0 aliphatic carbocycles. The van der Waals surface area contributed by atoms with Crippen molar-refractivity contribution in [2.75, 3.05) is 18.5 Å². The molecule has 0 radical (unpaired) electrons. The summed E-state index contributed by atoms with van der Waals surface area (Å²) in [5, 5.41) is 2.78. The summed E-state index contributed by atoms with van der Waals surface area (Å²) in [6.45, 7) is 2.54. The lowest BCUT2D eigenvalue weighted by atomic mass is 10.0. The van der Waals surface area contributed by atoms with E-state index in [1.54, 1.807) is 48.5 Å². The van der Waals surface area contributed by atoms with Crippen LogP contribution in [-0.4, -0.2) is 41.8 Å². The Labute approximate surface area is 169 Å². The fraction of sp³-hybridized carbons (Fsp3) is 0.318. The molecule has 0 bridgehead atoms. The molecule has 7 heteroatoms. The molecule has 1 aliphatic rings. The van der Waals surface area contributed by atoms with Crippen LogP contribution < -0.4 is 15.8 Å². The molecule has 1 saturated heterocycles. The van der Waals surface area contributed by atoms with Crippen LogP contribution in [-0.2, 0) is 4.79 Å². The second-order valence-electron chi connectivity index (χ2n) is 7.13. The Hall–Kier alpha value is -3.35. The van der Waals surface area contributed by atoms with Crippen LogP contribution >= 0.6 is 0 Å². The first-order valence-corrected chi connectivity index (χ1v) is 9.68. The van der Waals surface area contributed by atoms with E-state index in [-0.39, 0.29) is 35.8 Å². The van der Waals surface area contributed by atoms with Crippen LogP contribution in [0.5, 0.6) is 5.75 Å². The number of ether oxygens (including phenoxy) is 1. The lowest BCUT2D eigenvalue weighted by Gasteiger charge is -2.33. The Kier molecular flexibility index (Phi) is 6.49. The third-order valence-electron chi connectivity index (χ3n) is 4.96. The van der Waals surface area contributed by atoms with E-state index >= 15 is 0 Å². The predicted molar refractivity (Wildman–Crippen MR) is 110 cm³/mol. The average molecular weight is 395 g/mol. The minimum atomic E-state index is -0.622. The van der Waals surface area contributed by atoms with Gasteiger partial charge in [0.1, 0.15) is 5.75 Å². The highest BCUT2D eigenvalue weighted by Gasteiger charge is 2.24. The standard InChI is InChI=1S/C22H25N3O4/c1-15-6-4-5-13-25(15)22(28)16-9-11-17(12-10-16)24-21(27)18-7-2-3-8-19(18)29-14-20(23)26/h2-3,7-12,15H,4-6,13-14H2,1H3,(H2,23,26)(H,24,27). The zero-order chi connectivity index (χ0) is 20.8. The molecule has 3 N–H and O–H groups in total. The number of amides is 3. The van der Waals surface area contributed by atoms with Crippen LogP contribution in [0.25, 0.3) is 0 Å². The molecule has 2 aromatic rings. The normalized spacial score (nSPS) is 16.2. The summed E-state index contributed by atoms with van der Waals surface area (Å²) >= 11 is 0. The van der Waals surface area contributed by atoms with Gasteiger partial charge in [0, 0.05) is 23.8 Å². The van der Waals surface area contributed by atoms with Gasteiger partial charge in [0.2, 0.25) is 0 Å². The first-order valence-electron chi connectivity index (χ1n) is 9.68. The van der Waals surface area contributed by atoms with Gasteiger partial charge < -0.3 is 20.7 Å². The molecule has 2 aromatic carbocycles. The molecule has 3 amide bonds. The maximum absolute atomic E-state index is 12.7. The first-order chi connectivity index (χ1) is 14.0. The summed E-state index contributed by atoms with van der Waals surface area (Å²) in [6.07, 6.45) is 3.21. The lowest BCUT2D eigenvalue weighted by Crippen LogP contribution is -2.42.